The Bertz CT molecular complexity index is 842. The molecule has 1 aliphatic heterocycles. The van der Waals surface area contributed by atoms with E-state index in [1.165, 1.54) is 13.8 Å². The summed E-state index contributed by atoms with van der Waals surface area (Å²) < 4.78 is 5.02. The molecule has 1 saturated heterocycles. The molecule has 0 radical (unpaired) electrons. The molecular weight excluding hydrogens is 390 g/mol. The monoisotopic (exact) mass is 415 g/mol. The Balaban J connectivity index is 1.51. The van der Waals surface area contributed by atoms with Gasteiger partial charge in [-0.15, -0.1) is 0 Å². The van der Waals surface area contributed by atoms with Gasteiger partial charge in [0.25, 0.3) is 5.91 Å². The zero-order chi connectivity index (χ0) is 21.8. The summed E-state index contributed by atoms with van der Waals surface area (Å²) in [6.07, 6.45) is 3.13. The first kappa shape index (κ1) is 21.5. The summed E-state index contributed by atoms with van der Waals surface area (Å²) in [6, 6.07) is 5.36. The maximum absolute atomic E-state index is 12.6. The summed E-state index contributed by atoms with van der Waals surface area (Å²) in [4.78, 5) is 61.5. The molecule has 1 heterocycles. The molecule has 2 aliphatic rings. The molecule has 1 aliphatic carbocycles. The molecule has 1 aromatic rings. The van der Waals surface area contributed by atoms with Crippen molar-refractivity contribution < 1.29 is 28.7 Å². The van der Waals surface area contributed by atoms with Crippen molar-refractivity contribution in [3.8, 4) is 0 Å². The van der Waals surface area contributed by atoms with Gasteiger partial charge < -0.3 is 15.4 Å². The number of hydrogen-bond donors (Lipinski definition) is 2. The fourth-order valence-electron chi connectivity index (χ4n) is 3.97. The van der Waals surface area contributed by atoms with E-state index in [9.17, 15) is 24.0 Å². The van der Waals surface area contributed by atoms with Gasteiger partial charge in [0.1, 0.15) is 6.04 Å². The quantitative estimate of drug-likeness (QED) is 0.539. The Morgan fingerprint density at radius 2 is 1.50 bits per heavy atom. The lowest BCUT2D eigenvalue weighted by Crippen LogP contribution is -2.45. The van der Waals surface area contributed by atoms with Crippen molar-refractivity contribution in [2.45, 2.75) is 45.6 Å². The van der Waals surface area contributed by atoms with Gasteiger partial charge in [0.2, 0.25) is 17.7 Å². The minimum absolute atomic E-state index is 0.206. The van der Waals surface area contributed by atoms with E-state index >= 15 is 0 Å². The molecule has 9 nitrogen and oxygen atoms in total. The number of ether oxygens (including phenoxy) is 1. The number of carbonyl (C=O) groups excluding carboxylic acids is 5. The minimum Gasteiger partial charge on any atom is -0.454 e. The van der Waals surface area contributed by atoms with Crippen molar-refractivity contribution in [1.29, 1.82) is 0 Å². The summed E-state index contributed by atoms with van der Waals surface area (Å²) in [6.45, 7) is 2.29. The van der Waals surface area contributed by atoms with Gasteiger partial charge in [-0.3, -0.25) is 24.1 Å². The molecule has 0 aromatic heterocycles. The number of rotatable bonds is 6. The molecule has 2 N–H and O–H groups in total. The molecule has 0 bridgehead atoms. The third-order valence-corrected chi connectivity index (χ3v) is 5.44. The Kier molecular flexibility index (Phi) is 6.49. The summed E-state index contributed by atoms with van der Waals surface area (Å²) in [7, 11) is 0. The first-order chi connectivity index (χ1) is 14.3. The number of hydrogen-bond acceptors (Lipinski definition) is 6. The second-order valence-corrected chi connectivity index (χ2v) is 7.63. The molecule has 1 aromatic carbocycles. The van der Waals surface area contributed by atoms with Crippen molar-refractivity contribution in [3.05, 3.63) is 24.3 Å². The van der Waals surface area contributed by atoms with E-state index in [0.29, 0.717) is 24.2 Å². The van der Waals surface area contributed by atoms with Gasteiger partial charge in [0, 0.05) is 18.3 Å². The second kappa shape index (κ2) is 9.06. The number of likely N-dealkylation sites (tertiary alicyclic amines) is 1. The number of amides is 4. The SMILES string of the molecule is CC(=O)Nc1ccc(NC(=O)COC(=O)[C@H](C)N2C(=O)[C@H]3CCCC[C@H]3C2=O)cc1. The van der Waals surface area contributed by atoms with Crippen LogP contribution in [-0.4, -0.2) is 47.1 Å². The first-order valence-electron chi connectivity index (χ1n) is 9.99. The molecule has 4 amide bonds. The molecule has 3 rings (SSSR count). The highest BCUT2D eigenvalue weighted by atomic mass is 16.5. The van der Waals surface area contributed by atoms with Crippen molar-refractivity contribution in [2.75, 3.05) is 17.2 Å². The lowest BCUT2D eigenvalue weighted by atomic mass is 9.81. The maximum atomic E-state index is 12.6. The van der Waals surface area contributed by atoms with Gasteiger partial charge >= 0.3 is 5.97 Å². The van der Waals surface area contributed by atoms with Crippen LogP contribution in [0.4, 0.5) is 11.4 Å². The Hall–Kier alpha value is -3.23. The smallest absolute Gasteiger partial charge is 0.329 e. The predicted octanol–water partition coefficient (Wildman–Crippen LogP) is 1.69. The Labute approximate surface area is 174 Å². The molecule has 2 fully saturated rings. The average Bonchev–Trinajstić information content (AvgIpc) is 2.97. The van der Waals surface area contributed by atoms with Crippen LogP contribution in [0.25, 0.3) is 0 Å². The zero-order valence-corrected chi connectivity index (χ0v) is 17.0. The van der Waals surface area contributed by atoms with Crippen molar-refractivity contribution in [2.24, 2.45) is 11.8 Å². The van der Waals surface area contributed by atoms with Crippen LogP contribution < -0.4 is 10.6 Å². The third-order valence-electron chi connectivity index (χ3n) is 5.44. The third kappa shape index (κ3) is 4.67. The molecule has 0 unspecified atom stereocenters. The molecule has 160 valence electrons. The maximum Gasteiger partial charge on any atom is 0.329 e. The highest BCUT2D eigenvalue weighted by Gasteiger charge is 2.51. The van der Waals surface area contributed by atoms with E-state index in [1.54, 1.807) is 24.3 Å². The van der Waals surface area contributed by atoms with Crippen LogP contribution in [0.2, 0.25) is 0 Å². The summed E-state index contributed by atoms with van der Waals surface area (Å²) >= 11 is 0. The lowest BCUT2D eigenvalue weighted by molar-refractivity contribution is -0.159. The summed E-state index contributed by atoms with van der Waals surface area (Å²) in [5, 5.41) is 5.18. The van der Waals surface area contributed by atoms with Gasteiger partial charge in [-0.1, -0.05) is 12.8 Å². The van der Waals surface area contributed by atoms with Gasteiger partial charge in [0.15, 0.2) is 6.61 Å². The predicted molar refractivity (Wildman–Crippen MR) is 107 cm³/mol. The lowest BCUT2D eigenvalue weighted by Gasteiger charge is -2.21. The highest BCUT2D eigenvalue weighted by Crippen LogP contribution is 2.38. The standard InChI is InChI=1S/C21H25N3O6/c1-12(24-19(27)16-5-3-4-6-17(16)20(24)28)21(29)30-11-18(26)23-15-9-7-14(8-10-15)22-13(2)25/h7-10,12,16-17H,3-6,11H2,1-2H3,(H,22,25)(H,23,26)/t12-,16-,17+/m0/s1. The van der Waals surface area contributed by atoms with Crippen molar-refractivity contribution >= 4 is 41.0 Å². The van der Waals surface area contributed by atoms with E-state index in [1.807, 2.05) is 0 Å². The van der Waals surface area contributed by atoms with Crippen LogP contribution >= 0.6 is 0 Å². The van der Waals surface area contributed by atoms with E-state index in [-0.39, 0.29) is 29.6 Å². The second-order valence-electron chi connectivity index (χ2n) is 7.63. The van der Waals surface area contributed by atoms with E-state index in [0.717, 1.165) is 17.7 Å². The Morgan fingerprint density at radius 1 is 1.00 bits per heavy atom. The van der Waals surface area contributed by atoms with Crippen LogP contribution in [0, 0.1) is 11.8 Å². The zero-order valence-electron chi connectivity index (χ0n) is 17.0. The number of carbonyl (C=O) groups is 5. The van der Waals surface area contributed by atoms with Crippen LogP contribution in [0.5, 0.6) is 0 Å². The summed E-state index contributed by atoms with van der Waals surface area (Å²) in [5.74, 6) is -2.89. The number of benzene rings is 1. The number of esters is 1. The van der Waals surface area contributed by atoms with E-state index in [2.05, 4.69) is 10.6 Å². The molecule has 9 heteroatoms. The van der Waals surface area contributed by atoms with Gasteiger partial charge in [0.05, 0.1) is 11.8 Å². The number of nitrogens with zero attached hydrogens (tertiary/aromatic N) is 1. The van der Waals surface area contributed by atoms with Crippen LogP contribution in [0.15, 0.2) is 24.3 Å². The number of nitrogens with one attached hydrogen (secondary N) is 2. The molecule has 0 spiro atoms. The molecular formula is C21H25N3O6. The highest BCUT2D eigenvalue weighted by molar-refractivity contribution is 6.08. The largest absolute Gasteiger partial charge is 0.454 e. The van der Waals surface area contributed by atoms with Crippen LogP contribution in [-0.2, 0) is 28.7 Å². The van der Waals surface area contributed by atoms with Crippen molar-refractivity contribution in [3.63, 3.8) is 0 Å². The Morgan fingerprint density at radius 3 is 2.00 bits per heavy atom. The number of imide groups is 1. The van der Waals surface area contributed by atoms with Gasteiger partial charge in [-0.05, 0) is 44.0 Å². The van der Waals surface area contributed by atoms with Crippen molar-refractivity contribution in [1.82, 2.24) is 4.90 Å². The average molecular weight is 415 g/mol. The fraction of sp³-hybridized carbons (Fsp3) is 0.476. The molecule has 30 heavy (non-hydrogen) atoms. The topological polar surface area (TPSA) is 122 Å². The normalized spacial score (nSPS) is 21.6. The number of fused-ring (bicyclic) bond motifs is 1. The fourth-order valence-corrected chi connectivity index (χ4v) is 3.97. The molecule has 3 atom stereocenters. The minimum atomic E-state index is -1.07. The van der Waals surface area contributed by atoms with Gasteiger partial charge in [-0.2, -0.15) is 0 Å². The van der Waals surface area contributed by atoms with Gasteiger partial charge in [-0.25, -0.2) is 4.79 Å². The van der Waals surface area contributed by atoms with Crippen LogP contribution in [0.1, 0.15) is 39.5 Å². The summed E-state index contributed by atoms with van der Waals surface area (Å²) in [5.41, 5.74) is 1.05. The van der Waals surface area contributed by atoms with Crippen LogP contribution in [0.3, 0.4) is 0 Å². The van der Waals surface area contributed by atoms with E-state index in [4.69, 9.17) is 4.74 Å². The van der Waals surface area contributed by atoms with E-state index < -0.39 is 24.5 Å². The number of anilines is 2. The molecule has 1 saturated carbocycles. The first-order valence-corrected chi connectivity index (χ1v) is 9.99.